The molecule has 4 nitrogen and oxygen atoms in total. The number of allylic oxidation sites excluding steroid dienone is 1. The number of hydrogen-bond acceptors (Lipinski definition) is 3. The first-order chi connectivity index (χ1) is 4.63. The van der Waals surface area contributed by atoms with Gasteiger partial charge in [-0.1, -0.05) is 6.08 Å². The van der Waals surface area contributed by atoms with E-state index in [2.05, 4.69) is 4.74 Å². The van der Waals surface area contributed by atoms with Gasteiger partial charge in [0.25, 0.3) is 5.91 Å². The van der Waals surface area contributed by atoms with Crippen LogP contribution in [0.3, 0.4) is 0 Å². The van der Waals surface area contributed by atoms with Crippen LogP contribution >= 0.6 is 0 Å². The molecule has 1 amide bonds. The Morgan fingerprint density at radius 2 is 2.00 bits per heavy atom. The van der Waals surface area contributed by atoms with E-state index in [4.69, 9.17) is 5.73 Å². The Hall–Kier alpha value is -1.32. The fraction of sp³-hybridized carbons (Fsp3) is 0.333. The molecule has 0 aliphatic carbocycles. The molecule has 0 heterocycles. The molecular formula is C6H9NO3. The quantitative estimate of drug-likeness (QED) is 0.247. The number of methoxy groups -OCH3 is 1. The SMILES string of the molecule is CC=C(C(N)=O)C(=O)OC. The number of ether oxygens (including phenoxy) is 1. The van der Waals surface area contributed by atoms with Crippen molar-refractivity contribution in [3.8, 4) is 0 Å². The largest absolute Gasteiger partial charge is 0.465 e. The number of esters is 1. The molecule has 0 atom stereocenters. The van der Waals surface area contributed by atoms with Crippen molar-refractivity contribution in [1.82, 2.24) is 0 Å². The number of rotatable bonds is 2. The molecule has 0 fully saturated rings. The van der Waals surface area contributed by atoms with E-state index in [0.717, 1.165) is 0 Å². The van der Waals surface area contributed by atoms with Gasteiger partial charge < -0.3 is 10.5 Å². The lowest BCUT2D eigenvalue weighted by Crippen LogP contribution is -2.21. The van der Waals surface area contributed by atoms with Crippen LogP contribution in [0.25, 0.3) is 0 Å². The topological polar surface area (TPSA) is 69.4 Å². The maximum absolute atomic E-state index is 10.6. The van der Waals surface area contributed by atoms with Crippen molar-refractivity contribution in [3.63, 3.8) is 0 Å². The lowest BCUT2D eigenvalue weighted by molar-refractivity contribution is -0.137. The molecule has 0 aromatic heterocycles. The molecule has 4 heteroatoms. The van der Waals surface area contributed by atoms with E-state index in [1.807, 2.05) is 0 Å². The fourth-order valence-electron chi connectivity index (χ4n) is 0.471. The maximum atomic E-state index is 10.6. The molecule has 10 heavy (non-hydrogen) atoms. The number of nitrogens with two attached hydrogens (primary N) is 1. The van der Waals surface area contributed by atoms with Crippen LogP contribution in [0, 0.1) is 0 Å². The summed E-state index contributed by atoms with van der Waals surface area (Å²) in [6, 6.07) is 0. The van der Waals surface area contributed by atoms with Crippen LogP contribution in [-0.2, 0) is 14.3 Å². The summed E-state index contributed by atoms with van der Waals surface area (Å²) in [5.41, 5.74) is 4.69. The predicted molar refractivity (Wildman–Crippen MR) is 35.0 cm³/mol. The molecule has 0 aliphatic rings. The maximum Gasteiger partial charge on any atom is 0.343 e. The molecule has 0 unspecified atom stereocenters. The summed E-state index contributed by atoms with van der Waals surface area (Å²) in [5, 5.41) is 0. The highest BCUT2D eigenvalue weighted by Crippen LogP contribution is 1.94. The number of carbonyl (C=O) groups excluding carboxylic acids is 2. The molecule has 0 spiro atoms. The normalized spacial score (nSPS) is 10.8. The van der Waals surface area contributed by atoms with Crippen molar-refractivity contribution in [1.29, 1.82) is 0 Å². The van der Waals surface area contributed by atoms with Gasteiger partial charge in [0, 0.05) is 0 Å². The van der Waals surface area contributed by atoms with Crippen LogP contribution in [0.5, 0.6) is 0 Å². The smallest absolute Gasteiger partial charge is 0.343 e. The van der Waals surface area contributed by atoms with Crippen LogP contribution in [-0.4, -0.2) is 19.0 Å². The average Bonchev–Trinajstić information content (AvgIpc) is 1.88. The first kappa shape index (κ1) is 8.68. The summed E-state index contributed by atoms with van der Waals surface area (Å²) in [6.07, 6.45) is 1.31. The molecule has 56 valence electrons. The summed E-state index contributed by atoms with van der Waals surface area (Å²) in [6.45, 7) is 1.54. The first-order valence-corrected chi connectivity index (χ1v) is 2.68. The zero-order valence-electron chi connectivity index (χ0n) is 5.88. The van der Waals surface area contributed by atoms with E-state index >= 15 is 0 Å². The standard InChI is InChI=1S/C6H9NO3/c1-3-4(5(7)8)6(9)10-2/h3H,1-2H3,(H2,7,8). The van der Waals surface area contributed by atoms with Gasteiger partial charge in [-0.15, -0.1) is 0 Å². The number of hydrogen-bond donors (Lipinski definition) is 1. The highest BCUT2D eigenvalue weighted by molar-refractivity contribution is 6.15. The summed E-state index contributed by atoms with van der Waals surface area (Å²) in [4.78, 5) is 21.0. The van der Waals surface area contributed by atoms with Gasteiger partial charge >= 0.3 is 5.97 Å². The first-order valence-electron chi connectivity index (χ1n) is 2.68. The van der Waals surface area contributed by atoms with Gasteiger partial charge in [-0.25, -0.2) is 4.79 Å². The van der Waals surface area contributed by atoms with Crippen molar-refractivity contribution in [2.45, 2.75) is 6.92 Å². The third kappa shape index (κ3) is 1.89. The molecule has 0 saturated carbocycles. The number of amides is 1. The van der Waals surface area contributed by atoms with Crippen molar-refractivity contribution < 1.29 is 14.3 Å². The third-order valence-corrected chi connectivity index (χ3v) is 0.959. The van der Waals surface area contributed by atoms with Crippen molar-refractivity contribution in [3.05, 3.63) is 11.6 Å². The van der Waals surface area contributed by atoms with Crippen molar-refractivity contribution in [2.75, 3.05) is 7.11 Å². The Kier molecular flexibility index (Phi) is 3.17. The molecular weight excluding hydrogens is 134 g/mol. The van der Waals surface area contributed by atoms with Gasteiger partial charge in [-0.2, -0.15) is 0 Å². The van der Waals surface area contributed by atoms with Gasteiger partial charge in [0.2, 0.25) is 0 Å². The fourth-order valence-corrected chi connectivity index (χ4v) is 0.471. The highest BCUT2D eigenvalue weighted by atomic mass is 16.5. The summed E-state index contributed by atoms with van der Waals surface area (Å²) < 4.78 is 4.26. The Morgan fingerprint density at radius 1 is 1.50 bits per heavy atom. The molecule has 0 aromatic rings. The van der Waals surface area contributed by atoms with E-state index in [1.165, 1.54) is 20.1 Å². The Bertz CT molecular complexity index is 183. The van der Waals surface area contributed by atoms with Gasteiger partial charge in [0.15, 0.2) is 0 Å². The molecule has 0 aromatic carbocycles. The van der Waals surface area contributed by atoms with Gasteiger partial charge in [0.05, 0.1) is 7.11 Å². The highest BCUT2D eigenvalue weighted by Gasteiger charge is 2.13. The second-order valence-corrected chi connectivity index (χ2v) is 1.56. The van der Waals surface area contributed by atoms with Crippen molar-refractivity contribution >= 4 is 11.9 Å². The van der Waals surface area contributed by atoms with Crippen LogP contribution in [0.2, 0.25) is 0 Å². The van der Waals surface area contributed by atoms with Crippen molar-refractivity contribution in [2.24, 2.45) is 5.73 Å². The minimum Gasteiger partial charge on any atom is -0.465 e. The Labute approximate surface area is 58.7 Å². The summed E-state index contributed by atoms with van der Waals surface area (Å²) in [7, 11) is 1.19. The molecule has 0 saturated heterocycles. The van der Waals surface area contributed by atoms with Gasteiger partial charge in [-0.05, 0) is 6.92 Å². The monoisotopic (exact) mass is 143 g/mol. The average molecular weight is 143 g/mol. The predicted octanol–water partition coefficient (Wildman–Crippen LogP) is -0.409. The summed E-state index contributed by atoms with van der Waals surface area (Å²) >= 11 is 0. The zero-order chi connectivity index (χ0) is 8.15. The minimum absolute atomic E-state index is 0.123. The van der Waals surface area contributed by atoms with E-state index in [-0.39, 0.29) is 5.57 Å². The lowest BCUT2D eigenvalue weighted by atomic mass is 10.2. The van der Waals surface area contributed by atoms with Crippen LogP contribution < -0.4 is 5.73 Å². The zero-order valence-corrected chi connectivity index (χ0v) is 5.88. The minimum atomic E-state index is -0.769. The number of primary amides is 1. The van der Waals surface area contributed by atoms with E-state index in [1.54, 1.807) is 0 Å². The molecule has 0 bridgehead atoms. The van der Waals surface area contributed by atoms with E-state index < -0.39 is 11.9 Å². The Morgan fingerprint density at radius 3 is 2.10 bits per heavy atom. The van der Waals surface area contributed by atoms with Crippen LogP contribution in [0.4, 0.5) is 0 Å². The van der Waals surface area contributed by atoms with Gasteiger partial charge in [-0.3, -0.25) is 4.79 Å². The second-order valence-electron chi connectivity index (χ2n) is 1.56. The molecule has 2 N–H and O–H groups in total. The molecule has 0 rings (SSSR count). The number of carbonyl (C=O) groups is 2. The third-order valence-electron chi connectivity index (χ3n) is 0.959. The van der Waals surface area contributed by atoms with Gasteiger partial charge in [0.1, 0.15) is 5.57 Å². The van der Waals surface area contributed by atoms with Crippen LogP contribution in [0.15, 0.2) is 11.6 Å². The lowest BCUT2D eigenvalue weighted by Gasteiger charge is -1.97. The van der Waals surface area contributed by atoms with E-state index in [0.29, 0.717) is 0 Å². The van der Waals surface area contributed by atoms with E-state index in [9.17, 15) is 9.59 Å². The summed E-state index contributed by atoms with van der Waals surface area (Å²) in [5.74, 6) is -1.47. The Balaban J connectivity index is 4.39. The van der Waals surface area contributed by atoms with Crippen LogP contribution in [0.1, 0.15) is 6.92 Å². The molecule has 0 aliphatic heterocycles. The second kappa shape index (κ2) is 3.66. The molecule has 0 radical (unpaired) electrons.